The Hall–Kier alpha value is -0.880. The number of halogens is 2. The molecule has 2 aromatic rings. The number of benzene rings is 1. The molecule has 0 radical (unpaired) electrons. The fourth-order valence-corrected chi connectivity index (χ4v) is 4.08. The van der Waals surface area contributed by atoms with Gasteiger partial charge in [0.25, 0.3) is 0 Å². The Labute approximate surface area is 153 Å². The third-order valence-electron chi connectivity index (χ3n) is 4.05. The molecule has 0 bridgehead atoms. The van der Waals surface area contributed by atoms with Crippen LogP contribution < -0.4 is 5.73 Å². The van der Waals surface area contributed by atoms with Gasteiger partial charge in [-0.3, -0.25) is 4.79 Å². The van der Waals surface area contributed by atoms with E-state index in [1.165, 1.54) is 4.70 Å². The van der Waals surface area contributed by atoms with Gasteiger partial charge in [-0.25, -0.2) is 4.98 Å². The summed E-state index contributed by atoms with van der Waals surface area (Å²) in [7, 11) is 0. The number of amides is 1. The molecule has 2 N–H and O–H groups in total. The molecule has 7 heteroatoms. The number of nitrogens with two attached hydrogens (primary N) is 1. The molecule has 2 atom stereocenters. The van der Waals surface area contributed by atoms with Crippen molar-refractivity contribution in [3.8, 4) is 0 Å². The van der Waals surface area contributed by atoms with Gasteiger partial charge in [-0.15, -0.1) is 36.2 Å². The molecule has 0 spiro atoms. The molecule has 1 aliphatic rings. The Morgan fingerprint density at radius 3 is 2.87 bits per heavy atom. The topological polar surface area (TPSA) is 59.2 Å². The maximum absolute atomic E-state index is 12.5. The molecule has 2 heterocycles. The van der Waals surface area contributed by atoms with Gasteiger partial charge in [0, 0.05) is 6.54 Å². The molecule has 1 aromatic carbocycles. The van der Waals surface area contributed by atoms with E-state index >= 15 is 0 Å². The molecule has 128 valence electrons. The van der Waals surface area contributed by atoms with Crippen LogP contribution in [0.5, 0.6) is 0 Å². The summed E-state index contributed by atoms with van der Waals surface area (Å²) < 4.78 is 1.18. The van der Waals surface area contributed by atoms with Crippen molar-refractivity contribution in [1.29, 1.82) is 0 Å². The van der Waals surface area contributed by atoms with Crippen LogP contribution in [0.15, 0.2) is 24.3 Å². The van der Waals surface area contributed by atoms with Crippen molar-refractivity contribution in [3.05, 3.63) is 29.3 Å². The normalized spacial score (nSPS) is 18.3. The molecule has 3 rings (SSSR count). The first-order valence-corrected chi connectivity index (χ1v) is 8.44. The first-order valence-electron chi connectivity index (χ1n) is 7.62. The largest absolute Gasteiger partial charge is 0.332 e. The Morgan fingerprint density at radius 1 is 1.43 bits per heavy atom. The van der Waals surface area contributed by atoms with E-state index in [2.05, 4.69) is 13.0 Å². The molecule has 0 aliphatic carbocycles. The molecule has 1 saturated heterocycles. The van der Waals surface area contributed by atoms with Crippen LogP contribution in [0.1, 0.15) is 43.7 Å². The van der Waals surface area contributed by atoms with Crippen LogP contribution in [0, 0.1) is 0 Å². The molecule has 1 aliphatic heterocycles. The Bertz CT molecular complexity index is 616. The Morgan fingerprint density at radius 2 is 2.17 bits per heavy atom. The number of hydrogen-bond donors (Lipinski definition) is 1. The van der Waals surface area contributed by atoms with Crippen molar-refractivity contribution in [2.24, 2.45) is 5.73 Å². The van der Waals surface area contributed by atoms with Gasteiger partial charge in [0.05, 0.1) is 22.3 Å². The van der Waals surface area contributed by atoms with Crippen LogP contribution in [-0.4, -0.2) is 28.4 Å². The minimum Gasteiger partial charge on any atom is -0.332 e. The highest BCUT2D eigenvalue weighted by Gasteiger charge is 2.34. The minimum atomic E-state index is -0.370. The molecular formula is C16H23Cl2N3OS. The molecule has 1 amide bonds. The van der Waals surface area contributed by atoms with Gasteiger partial charge >= 0.3 is 0 Å². The SMILES string of the molecule is CCCC(N)C(=O)N1CCCC1c1nc2ccccc2s1.Cl.Cl. The van der Waals surface area contributed by atoms with E-state index in [-0.39, 0.29) is 42.8 Å². The predicted molar refractivity (Wildman–Crippen MR) is 101 cm³/mol. The number of rotatable bonds is 4. The van der Waals surface area contributed by atoms with Crippen LogP contribution in [0.3, 0.4) is 0 Å². The fourth-order valence-electron chi connectivity index (χ4n) is 2.97. The highest BCUT2D eigenvalue weighted by atomic mass is 35.5. The number of para-hydroxylation sites is 1. The van der Waals surface area contributed by atoms with E-state index in [1.54, 1.807) is 11.3 Å². The zero-order chi connectivity index (χ0) is 14.8. The lowest BCUT2D eigenvalue weighted by atomic mass is 10.1. The van der Waals surface area contributed by atoms with Crippen molar-refractivity contribution >= 4 is 52.3 Å². The van der Waals surface area contributed by atoms with Crippen LogP contribution in [0.25, 0.3) is 10.2 Å². The van der Waals surface area contributed by atoms with E-state index in [1.807, 2.05) is 23.1 Å². The lowest BCUT2D eigenvalue weighted by molar-refractivity contribution is -0.133. The smallest absolute Gasteiger partial charge is 0.240 e. The summed E-state index contributed by atoms with van der Waals surface area (Å²) >= 11 is 1.69. The third kappa shape index (κ3) is 4.15. The van der Waals surface area contributed by atoms with Gasteiger partial charge in [-0.2, -0.15) is 0 Å². The van der Waals surface area contributed by atoms with Crippen LogP contribution in [0.4, 0.5) is 0 Å². The highest BCUT2D eigenvalue weighted by Crippen LogP contribution is 2.36. The highest BCUT2D eigenvalue weighted by molar-refractivity contribution is 7.18. The summed E-state index contributed by atoms with van der Waals surface area (Å²) in [5.74, 6) is 0.0820. The second-order valence-electron chi connectivity index (χ2n) is 5.60. The molecule has 2 unspecified atom stereocenters. The second kappa shape index (κ2) is 8.83. The number of hydrogen-bond acceptors (Lipinski definition) is 4. The number of carbonyl (C=O) groups excluding carboxylic acids is 1. The summed E-state index contributed by atoms with van der Waals surface area (Å²) in [4.78, 5) is 19.2. The van der Waals surface area contributed by atoms with Crippen LogP contribution >= 0.6 is 36.2 Å². The maximum Gasteiger partial charge on any atom is 0.240 e. The van der Waals surface area contributed by atoms with E-state index in [9.17, 15) is 4.79 Å². The standard InChI is InChI=1S/C16H21N3OS.2ClH/c1-2-6-11(17)16(20)19-10-5-8-13(19)15-18-12-7-3-4-9-14(12)21-15;;/h3-4,7,9,11,13H,2,5-6,8,10,17H2,1H3;2*1H. The molecule has 1 aromatic heterocycles. The van der Waals surface area contributed by atoms with Crippen molar-refractivity contribution in [1.82, 2.24) is 9.88 Å². The summed E-state index contributed by atoms with van der Waals surface area (Å²) in [6.45, 7) is 2.86. The van der Waals surface area contributed by atoms with E-state index in [0.717, 1.165) is 42.8 Å². The summed E-state index contributed by atoms with van der Waals surface area (Å²) in [5.41, 5.74) is 7.04. The summed E-state index contributed by atoms with van der Waals surface area (Å²) in [6, 6.07) is 7.88. The van der Waals surface area contributed by atoms with Crippen LogP contribution in [-0.2, 0) is 4.79 Å². The Kier molecular flexibility index (Phi) is 7.74. The van der Waals surface area contributed by atoms with E-state index in [0.29, 0.717) is 0 Å². The van der Waals surface area contributed by atoms with Gasteiger partial charge in [0.2, 0.25) is 5.91 Å². The average Bonchev–Trinajstić information content (AvgIpc) is 3.12. The average molecular weight is 376 g/mol. The molecular weight excluding hydrogens is 353 g/mol. The number of fused-ring (bicyclic) bond motifs is 1. The van der Waals surface area contributed by atoms with Crippen LogP contribution in [0.2, 0.25) is 0 Å². The first-order chi connectivity index (χ1) is 10.2. The Balaban J connectivity index is 0.00000132. The van der Waals surface area contributed by atoms with Crippen molar-refractivity contribution in [2.45, 2.75) is 44.7 Å². The van der Waals surface area contributed by atoms with Gasteiger partial charge in [-0.1, -0.05) is 25.5 Å². The minimum absolute atomic E-state index is 0. The third-order valence-corrected chi connectivity index (χ3v) is 5.19. The summed E-state index contributed by atoms with van der Waals surface area (Å²) in [6.07, 6.45) is 3.71. The van der Waals surface area contributed by atoms with E-state index < -0.39 is 0 Å². The molecule has 0 saturated carbocycles. The van der Waals surface area contributed by atoms with Gasteiger partial charge < -0.3 is 10.6 Å². The number of aromatic nitrogens is 1. The summed E-state index contributed by atoms with van der Waals surface area (Å²) in [5, 5.41) is 1.05. The monoisotopic (exact) mass is 375 g/mol. The zero-order valence-electron chi connectivity index (χ0n) is 13.1. The van der Waals surface area contributed by atoms with Gasteiger partial charge in [-0.05, 0) is 31.4 Å². The molecule has 23 heavy (non-hydrogen) atoms. The second-order valence-corrected chi connectivity index (χ2v) is 6.67. The van der Waals surface area contributed by atoms with Crippen molar-refractivity contribution in [2.75, 3.05) is 6.54 Å². The fraction of sp³-hybridized carbons (Fsp3) is 0.500. The molecule has 1 fully saturated rings. The predicted octanol–water partition coefficient (Wildman–Crippen LogP) is 3.93. The van der Waals surface area contributed by atoms with Gasteiger partial charge in [0.15, 0.2) is 0 Å². The van der Waals surface area contributed by atoms with Gasteiger partial charge in [0.1, 0.15) is 5.01 Å². The van der Waals surface area contributed by atoms with Crippen molar-refractivity contribution < 1.29 is 4.79 Å². The number of carbonyl (C=O) groups is 1. The lowest BCUT2D eigenvalue weighted by Gasteiger charge is -2.26. The lowest BCUT2D eigenvalue weighted by Crippen LogP contribution is -2.43. The zero-order valence-corrected chi connectivity index (χ0v) is 15.6. The number of likely N-dealkylation sites (tertiary alicyclic amines) is 1. The number of nitrogens with zero attached hydrogens (tertiary/aromatic N) is 2. The maximum atomic E-state index is 12.5. The van der Waals surface area contributed by atoms with Crippen molar-refractivity contribution in [3.63, 3.8) is 0 Å². The quantitative estimate of drug-likeness (QED) is 0.880. The first kappa shape index (κ1) is 20.2. The molecule has 4 nitrogen and oxygen atoms in total. The van der Waals surface area contributed by atoms with E-state index in [4.69, 9.17) is 10.7 Å². The number of thiazole rings is 1.